The third-order valence-electron chi connectivity index (χ3n) is 5.13. The Bertz CT molecular complexity index is 629. The third-order valence-corrected chi connectivity index (χ3v) is 5.13. The number of carbonyl (C=O) groups is 2. The first-order valence-electron chi connectivity index (χ1n) is 8.25. The van der Waals surface area contributed by atoms with E-state index < -0.39 is 17.5 Å². The molecule has 1 aromatic rings. The van der Waals surface area contributed by atoms with Crippen molar-refractivity contribution in [3.05, 3.63) is 29.8 Å². The number of aryl methyl sites for hydroxylation is 1. The number of carbonyl (C=O) groups excluding carboxylic acids is 1. The van der Waals surface area contributed by atoms with Gasteiger partial charge in [0.1, 0.15) is 5.75 Å². The molecule has 0 saturated carbocycles. The zero-order chi connectivity index (χ0) is 17.3. The average Bonchev–Trinajstić information content (AvgIpc) is 2.97. The standard InChI is InChI=1S/C18H23NO5/c1-12-3-5-15(6-4-12)24-13(2)16(20)19-9-14-10-23-8-7-18(14,11-19)17(21)22/h3-6,13-14H,7-11H2,1-2H3,(H,21,22)/t13?,14-,18+/m0/s1. The Morgan fingerprint density at radius 3 is 2.71 bits per heavy atom. The normalized spacial score (nSPS) is 27.4. The molecule has 1 unspecified atom stereocenters. The van der Waals surface area contributed by atoms with Gasteiger partial charge in [-0.2, -0.15) is 0 Å². The second-order valence-corrected chi connectivity index (χ2v) is 6.78. The molecule has 2 aliphatic rings. The maximum absolute atomic E-state index is 12.7. The topological polar surface area (TPSA) is 76.1 Å². The molecule has 6 nitrogen and oxygen atoms in total. The van der Waals surface area contributed by atoms with Gasteiger partial charge >= 0.3 is 5.97 Å². The smallest absolute Gasteiger partial charge is 0.311 e. The van der Waals surface area contributed by atoms with Gasteiger partial charge in [-0.3, -0.25) is 9.59 Å². The first-order valence-corrected chi connectivity index (χ1v) is 8.25. The van der Waals surface area contributed by atoms with Gasteiger partial charge in [-0.05, 0) is 32.4 Å². The predicted molar refractivity (Wildman–Crippen MR) is 86.8 cm³/mol. The number of carboxylic acid groups (broad SMARTS) is 1. The van der Waals surface area contributed by atoms with Crippen LogP contribution >= 0.6 is 0 Å². The molecule has 2 saturated heterocycles. The lowest BCUT2D eigenvalue weighted by Crippen LogP contribution is -2.45. The fourth-order valence-electron chi connectivity index (χ4n) is 3.60. The molecular weight excluding hydrogens is 310 g/mol. The van der Waals surface area contributed by atoms with E-state index in [9.17, 15) is 14.7 Å². The Labute approximate surface area is 141 Å². The summed E-state index contributed by atoms with van der Waals surface area (Å²) in [6.07, 6.45) is -0.205. The summed E-state index contributed by atoms with van der Waals surface area (Å²) < 4.78 is 11.1. The Hall–Kier alpha value is -2.08. The summed E-state index contributed by atoms with van der Waals surface area (Å²) in [4.78, 5) is 26.1. The molecule has 6 heteroatoms. The number of nitrogens with zero attached hydrogens (tertiary/aromatic N) is 1. The van der Waals surface area contributed by atoms with Crippen LogP contribution < -0.4 is 4.74 Å². The summed E-state index contributed by atoms with van der Waals surface area (Å²) in [5, 5.41) is 9.67. The van der Waals surface area contributed by atoms with Crippen molar-refractivity contribution in [2.45, 2.75) is 26.4 Å². The Morgan fingerprint density at radius 1 is 1.38 bits per heavy atom. The van der Waals surface area contributed by atoms with Crippen molar-refractivity contribution in [2.24, 2.45) is 11.3 Å². The molecule has 3 rings (SSSR count). The monoisotopic (exact) mass is 333 g/mol. The lowest BCUT2D eigenvalue weighted by Gasteiger charge is -2.33. The van der Waals surface area contributed by atoms with Crippen LogP contribution in [0.25, 0.3) is 0 Å². The highest BCUT2D eigenvalue weighted by atomic mass is 16.5. The summed E-state index contributed by atoms with van der Waals surface area (Å²) in [5.74, 6) is -0.530. The fourth-order valence-corrected chi connectivity index (χ4v) is 3.60. The Balaban J connectivity index is 1.69. The molecule has 2 fully saturated rings. The van der Waals surface area contributed by atoms with Gasteiger partial charge in [0.15, 0.2) is 6.10 Å². The predicted octanol–water partition coefficient (Wildman–Crippen LogP) is 1.71. The molecule has 0 aliphatic carbocycles. The number of hydrogen-bond acceptors (Lipinski definition) is 4. The maximum Gasteiger partial charge on any atom is 0.311 e. The number of benzene rings is 1. The van der Waals surface area contributed by atoms with Crippen LogP contribution in [0.5, 0.6) is 5.75 Å². The van der Waals surface area contributed by atoms with Crippen molar-refractivity contribution in [1.82, 2.24) is 4.90 Å². The molecule has 24 heavy (non-hydrogen) atoms. The summed E-state index contributed by atoms with van der Waals surface area (Å²) in [6.45, 7) is 5.15. The van der Waals surface area contributed by atoms with Crippen LogP contribution in [0.15, 0.2) is 24.3 Å². The van der Waals surface area contributed by atoms with Crippen LogP contribution in [0.3, 0.4) is 0 Å². The molecule has 0 aromatic heterocycles. The fraction of sp³-hybridized carbons (Fsp3) is 0.556. The minimum Gasteiger partial charge on any atom is -0.481 e. The van der Waals surface area contributed by atoms with Gasteiger partial charge in [0, 0.05) is 25.6 Å². The molecule has 2 aliphatic heterocycles. The lowest BCUT2D eigenvalue weighted by atomic mass is 9.74. The minimum atomic E-state index is -0.877. The molecule has 130 valence electrons. The number of ether oxygens (including phenoxy) is 2. The van der Waals surface area contributed by atoms with Gasteiger partial charge in [-0.25, -0.2) is 0 Å². The van der Waals surface area contributed by atoms with E-state index >= 15 is 0 Å². The Kier molecular flexibility index (Phi) is 4.49. The van der Waals surface area contributed by atoms with E-state index in [1.54, 1.807) is 11.8 Å². The zero-order valence-corrected chi connectivity index (χ0v) is 14.0. The summed E-state index contributed by atoms with van der Waals surface area (Å²) in [6, 6.07) is 7.51. The minimum absolute atomic E-state index is 0.153. The highest BCUT2D eigenvalue weighted by molar-refractivity contribution is 5.84. The molecule has 1 amide bonds. The lowest BCUT2D eigenvalue weighted by molar-refractivity contribution is -0.157. The van der Waals surface area contributed by atoms with E-state index in [4.69, 9.17) is 9.47 Å². The molecule has 0 spiro atoms. The molecule has 3 atom stereocenters. The number of carboxylic acids is 1. The van der Waals surface area contributed by atoms with Crippen molar-refractivity contribution in [3.8, 4) is 5.75 Å². The number of fused-ring (bicyclic) bond motifs is 1. The Morgan fingerprint density at radius 2 is 2.08 bits per heavy atom. The molecular formula is C18H23NO5. The number of amides is 1. The van der Waals surface area contributed by atoms with Gasteiger partial charge in [-0.15, -0.1) is 0 Å². The van der Waals surface area contributed by atoms with Crippen molar-refractivity contribution >= 4 is 11.9 Å². The highest BCUT2D eigenvalue weighted by Gasteiger charge is 2.55. The van der Waals surface area contributed by atoms with Crippen LogP contribution in [-0.4, -0.2) is 54.3 Å². The van der Waals surface area contributed by atoms with Crippen molar-refractivity contribution < 1.29 is 24.2 Å². The van der Waals surface area contributed by atoms with E-state index in [1.165, 1.54) is 0 Å². The van der Waals surface area contributed by atoms with Crippen molar-refractivity contribution in [3.63, 3.8) is 0 Å². The SMILES string of the molecule is Cc1ccc(OC(C)C(=O)N2C[C@H]3COCC[C@@]3(C(=O)O)C2)cc1. The van der Waals surface area contributed by atoms with Crippen LogP contribution in [0.4, 0.5) is 0 Å². The van der Waals surface area contributed by atoms with Crippen molar-refractivity contribution in [2.75, 3.05) is 26.3 Å². The summed E-state index contributed by atoms with van der Waals surface area (Å²) >= 11 is 0. The summed E-state index contributed by atoms with van der Waals surface area (Å²) in [7, 11) is 0. The zero-order valence-electron chi connectivity index (χ0n) is 14.0. The number of rotatable bonds is 4. The number of aliphatic carboxylic acids is 1. The molecule has 0 radical (unpaired) electrons. The van der Waals surface area contributed by atoms with E-state index in [2.05, 4.69) is 0 Å². The van der Waals surface area contributed by atoms with Gasteiger partial charge < -0.3 is 19.5 Å². The molecule has 1 N–H and O–H groups in total. The van der Waals surface area contributed by atoms with Crippen LogP contribution in [0, 0.1) is 18.3 Å². The van der Waals surface area contributed by atoms with Crippen LogP contribution in [0.1, 0.15) is 18.9 Å². The average molecular weight is 333 g/mol. The van der Waals surface area contributed by atoms with E-state index in [0.717, 1.165) is 5.56 Å². The quantitative estimate of drug-likeness (QED) is 0.908. The number of hydrogen-bond donors (Lipinski definition) is 1. The van der Waals surface area contributed by atoms with Gasteiger partial charge in [0.25, 0.3) is 5.91 Å². The van der Waals surface area contributed by atoms with E-state index in [-0.39, 0.29) is 18.4 Å². The first-order chi connectivity index (χ1) is 11.4. The second kappa shape index (κ2) is 6.43. The van der Waals surface area contributed by atoms with E-state index in [0.29, 0.717) is 31.9 Å². The highest BCUT2D eigenvalue weighted by Crippen LogP contribution is 2.42. The van der Waals surface area contributed by atoms with E-state index in [1.807, 2.05) is 31.2 Å². The van der Waals surface area contributed by atoms with Crippen LogP contribution in [0.2, 0.25) is 0 Å². The maximum atomic E-state index is 12.7. The van der Waals surface area contributed by atoms with Gasteiger partial charge in [-0.1, -0.05) is 17.7 Å². The third kappa shape index (κ3) is 2.98. The van der Waals surface area contributed by atoms with Gasteiger partial charge in [0.2, 0.25) is 0 Å². The molecule has 1 aromatic carbocycles. The largest absolute Gasteiger partial charge is 0.481 e. The second-order valence-electron chi connectivity index (χ2n) is 6.78. The first kappa shape index (κ1) is 16.8. The molecule has 0 bridgehead atoms. The van der Waals surface area contributed by atoms with Crippen LogP contribution in [-0.2, 0) is 14.3 Å². The summed E-state index contributed by atoms with van der Waals surface area (Å²) in [5.41, 5.74) is 0.241. The van der Waals surface area contributed by atoms with Gasteiger partial charge in [0.05, 0.1) is 12.0 Å². The molecule has 2 heterocycles. The number of likely N-dealkylation sites (tertiary alicyclic amines) is 1. The van der Waals surface area contributed by atoms with Crippen molar-refractivity contribution in [1.29, 1.82) is 0 Å².